The van der Waals surface area contributed by atoms with Gasteiger partial charge in [0.1, 0.15) is 11.5 Å². The highest BCUT2D eigenvalue weighted by molar-refractivity contribution is 7.91. The molecule has 0 radical (unpaired) electrons. The number of para-hydroxylation sites is 1. The fraction of sp³-hybridized carbons (Fsp3) is 0.235. The van der Waals surface area contributed by atoms with Gasteiger partial charge >= 0.3 is 0 Å². The molecule has 23 heavy (non-hydrogen) atoms. The van der Waals surface area contributed by atoms with E-state index < -0.39 is 15.8 Å². The number of sulfone groups is 1. The molecule has 120 valence electrons. The Morgan fingerprint density at radius 1 is 1.00 bits per heavy atom. The van der Waals surface area contributed by atoms with Crippen molar-refractivity contribution in [1.82, 2.24) is 0 Å². The van der Waals surface area contributed by atoms with Crippen molar-refractivity contribution in [2.75, 3.05) is 16.8 Å². The maximum atomic E-state index is 12.1. The van der Waals surface area contributed by atoms with Gasteiger partial charge < -0.3 is 10.1 Å². The molecule has 2 aromatic carbocycles. The highest BCUT2D eigenvalue weighted by Crippen LogP contribution is 2.24. The van der Waals surface area contributed by atoms with E-state index in [4.69, 9.17) is 4.74 Å². The molecule has 0 aliphatic carbocycles. The average Bonchev–Trinajstić information content (AvgIpc) is 2.90. The summed E-state index contributed by atoms with van der Waals surface area (Å²) in [5.41, 5.74) is 0.625. The zero-order valence-electron chi connectivity index (χ0n) is 12.4. The molecule has 1 unspecified atom stereocenters. The highest BCUT2D eigenvalue weighted by Gasteiger charge is 2.32. The van der Waals surface area contributed by atoms with E-state index in [0.29, 0.717) is 17.9 Å². The Kier molecular flexibility index (Phi) is 4.34. The molecule has 2 aromatic rings. The molecule has 1 fully saturated rings. The second-order valence-electron chi connectivity index (χ2n) is 5.53. The van der Waals surface area contributed by atoms with Crippen LogP contribution in [0.3, 0.4) is 0 Å². The molecule has 0 spiro atoms. The third-order valence-electron chi connectivity index (χ3n) is 3.70. The topological polar surface area (TPSA) is 72.5 Å². The first kappa shape index (κ1) is 15.6. The maximum absolute atomic E-state index is 12.1. The van der Waals surface area contributed by atoms with Gasteiger partial charge in [-0.1, -0.05) is 18.2 Å². The molecule has 5 nitrogen and oxygen atoms in total. The molecule has 0 aromatic heterocycles. The second kappa shape index (κ2) is 6.42. The van der Waals surface area contributed by atoms with E-state index >= 15 is 0 Å². The van der Waals surface area contributed by atoms with E-state index in [1.165, 1.54) is 0 Å². The molecule has 0 saturated carbocycles. The Bertz CT molecular complexity index is 785. The Morgan fingerprint density at radius 3 is 2.26 bits per heavy atom. The minimum atomic E-state index is -3.05. The Hall–Kier alpha value is -2.34. The number of hydrogen-bond donors (Lipinski definition) is 1. The van der Waals surface area contributed by atoms with Gasteiger partial charge in [-0.15, -0.1) is 0 Å². The second-order valence-corrected chi connectivity index (χ2v) is 7.76. The molecule has 1 aliphatic rings. The predicted molar refractivity (Wildman–Crippen MR) is 88.3 cm³/mol. The largest absolute Gasteiger partial charge is 0.457 e. The number of benzene rings is 2. The van der Waals surface area contributed by atoms with Crippen molar-refractivity contribution in [3.05, 3.63) is 54.6 Å². The summed E-state index contributed by atoms with van der Waals surface area (Å²) in [4.78, 5) is 12.1. The van der Waals surface area contributed by atoms with Crippen LogP contribution in [-0.4, -0.2) is 25.8 Å². The zero-order valence-corrected chi connectivity index (χ0v) is 13.3. The van der Waals surface area contributed by atoms with E-state index in [2.05, 4.69) is 5.32 Å². The van der Waals surface area contributed by atoms with E-state index in [1.54, 1.807) is 24.3 Å². The monoisotopic (exact) mass is 331 g/mol. The lowest BCUT2D eigenvalue weighted by molar-refractivity contribution is -0.119. The summed E-state index contributed by atoms with van der Waals surface area (Å²) in [6, 6.07) is 16.4. The first-order valence-corrected chi connectivity index (χ1v) is 9.18. The SMILES string of the molecule is O=C(Nc1ccc(Oc2ccccc2)cc1)C1CCS(=O)(=O)C1. The first-order valence-electron chi connectivity index (χ1n) is 7.36. The Labute approximate surface area is 135 Å². The molecular formula is C17H17NO4S. The van der Waals surface area contributed by atoms with Crippen LogP contribution in [0.4, 0.5) is 5.69 Å². The van der Waals surface area contributed by atoms with Gasteiger partial charge in [-0.3, -0.25) is 4.79 Å². The number of nitrogens with one attached hydrogen (secondary N) is 1. The number of carbonyl (C=O) groups excluding carboxylic acids is 1. The van der Waals surface area contributed by atoms with Gasteiger partial charge in [0.2, 0.25) is 5.91 Å². The molecule has 3 rings (SSSR count). The summed E-state index contributed by atoms with van der Waals surface area (Å²) in [6.07, 6.45) is 0.392. The Balaban J connectivity index is 1.60. The van der Waals surface area contributed by atoms with Crippen molar-refractivity contribution in [2.45, 2.75) is 6.42 Å². The third kappa shape index (κ3) is 4.10. The normalized spacial score (nSPS) is 19.2. The minimum absolute atomic E-state index is 0.0615. The summed E-state index contributed by atoms with van der Waals surface area (Å²) < 4.78 is 28.5. The fourth-order valence-corrected chi connectivity index (χ4v) is 4.22. The van der Waals surface area contributed by atoms with Gasteiger partial charge in [0.15, 0.2) is 9.84 Å². The van der Waals surface area contributed by atoms with Crippen molar-refractivity contribution in [1.29, 1.82) is 0 Å². The molecule has 1 atom stereocenters. The summed E-state index contributed by atoms with van der Waals surface area (Å²) >= 11 is 0. The Morgan fingerprint density at radius 2 is 1.65 bits per heavy atom. The lowest BCUT2D eigenvalue weighted by Crippen LogP contribution is -2.23. The minimum Gasteiger partial charge on any atom is -0.457 e. The quantitative estimate of drug-likeness (QED) is 0.935. The van der Waals surface area contributed by atoms with Gasteiger partial charge in [-0.2, -0.15) is 0 Å². The van der Waals surface area contributed by atoms with Gasteiger partial charge in [-0.25, -0.2) is 8.42 Å². The highest BCUT2D eigenvalue weighted by atomic mass is 32.2. The van der Waals surface area contributed by atoms with Crippen LogP contribution in [0.15, 0.2) is 54.6 Å². The molecule has 1 heterocycles. The van der Waals surface area contributed by atoms with Gasteiger partial charge in [0.05, 0.1) is 17.4 Å². The number of ether oxygens (including phenoxy) is 1. The standard InChI is InChI=1S/C17H17NO4S/c19-17(13-10-11-23(20,21)12-13)18-14-6-8-16(9-7-14)22-15-4-2-1-3-5-15/h1-9,13H,10-12H2,(H,18,19). The lowest BCUT2D eigenvalue weighted by Gasteiger charge is -2.10. The first-order chi connectivity index (χ1) is 11.0. The van der Waals surface area contributed by atoms with Crippen LogP contribution in [0.5, 0.6) is 11.5 Å². The third-order valence-corrected chi connectivity index (χ3v) is 5.47. The lowest BCUT2D eigenvalue weighted by atomic mass is 10.1. The van der Waals surface area contributed by atoms with Crippen LogP contribution in [0.1, 0.15) is 6.42 Å². The van der Waals surface area contributed by atoms with E-state index in [0.717, 1.165) is 5.75 Å². The summed E-state index contributed by atoms with van der Waals surface area (Å²) in [5, 5.41) is 2.75. The number of hydrogen-bond acceptors (Lipinski definition) is 4. The molecule has 0 bridgehead atoms. The number of carbonyl (C=O) groups is 1. The van der Waals surface area contributed by atoms with Crippen LogP contribution in [0.2, 0.25) is 0 Å². The van der Waals surface area contributed by atoms with Crippen molar-refractivity contribution >= 4 is 21.4 Å². The van der Waals surface area contributed by atoms with Crippen molar-refractivity contribution in [3.63, 3.8) is 0 Å². The van der Waals surface area contributed by atoms with Gasteiger partial charge in [-0.05, 0) is 42.8 Å². The molecule has 1 saturated heterocycles. The number of rotatable bonds is 4. The van der Waals surface area contributed by atoms with E-state index in [9.17, 15) is 13.2 Å². The molecule has 1 amide bonds. The van der Waals surface area contributed by atoms with E-state index in [1.807, 2.05) is 30.3 Å². The van der Waals surface area contributed by atoms with Crippen molar-refractivity contribution in [3.8, 4) is 11.5 Å². The van der Waals surface area contributed by atoms with Gasteiger partial charge in [0, 0.05) is 5.69 Å². The summed E-state index contributed by atoms with van der Waals surface area (Å²) in [7, 11) is -3.05. The van der Waals surface area contributed by atoms with Crippen molar-refractivity contribution in [2.24, 2.45) is 5.92 Å². The smallest absolute Gasteiger partial charge is 0.228 e. The van der Waals surface area contributed by atoms with E-state index in [-0.39, 0.29) is 17.4 Å². The predicted octanol–water partition coefficient (Wildman–Crippen LogP) is 2.85. The molecule has 1 N–H and O–H groups in total. The van der Waals surface area contributed by atoms with Crippen LogP contribution in [-0.2, 0) is 14.6 Å². The molecular weight excluding hydrogens is 314 g/mol. The fourth-order valence-electron chi connectivity index (χ4n) is 2.48. The zero-order chi connectivity index (χ0) is 16.3. The number of anilines is 1. The molecule has 1 aliphatic heterocycles. The summed E-state index contributed by atoms with van der Waals surface area (Å²) in [6.45, 7) is 0. The van der Waals surface area contributed by atoms with Crippen LogP contribution >= 0.6 is 0 Å². The van der Waals surface area contributed by atoms with Crippen LogP contribution in [0.25, 0.3) is 0 Å². The summed E-state index contributed by atoms with van der Waals surface area (Å²) in [5.74, 6) is 0.726. The van der Waals surface area contributed by atoms with Gasteiger partial charge in [0.25, 0.3) is 0 Å². The van der Waals surface area contributed by atoms with Crippen molar-refractivity contribution < 1.29 is 17.9 Å². The average molecular weight is 331 g/mol. The maximum Gasteiger partial charge on any atom is 0.228 e. The van der Waals surface area contributed by atoms with Crippen LogP contribution in [0, 0.1) is 5.92 Å². The number of amides is 1. The van der Waals surface area contributed by atoms with Crippen LogP contribution < -0.4 is 10.1 Å². The molecule has 6 heteroatoms.